The van der Waals surface area contributed by atoms with E-state index in [1.165, 1.54) is 6.07 Å². The molecule has 1 amide bonds. The molecule has 1 aliphatic rings. The maximum absolute atomic E-state index is 13.2. The fraction of sp³-hybridized carbons (Fsp3) is 0.316. The Hall–Kier alpha value is -2.67. The van der Waals surface area contributed by atoms with Gasteiger partial charge in [0.2, 0.25) is 5.91 Å². The Bertz CT molecular complexity index is 779. The topological polar surface area (TPSA) is 53.6 Å². The number of halogens is 2. The molecule has 5 nitrogen and oxygen atoms in total. The van der Waals surface area contributed by atoms with E-state index in [1.54, 1.807) is 6.92 Å². The van der Waals surface area contributed by atoms with Crippen molar-refractivity contribution in [3.05, 3.63) is 54.1 Å². The van der Waals surface area contributed by atoms with Crippen molar-refractivity contribution in [2.24, 2.45) is 0 Å². The third-order valence-corrected chi connectivity index (χ3v) is 4.19. The first-order valence-electron chi connectivity index (χ1n) is 8.48. The summed E-state index contributed by atoms with van der Waals surface area (Å²) in [6.45, 7) is 4.76. The molecule has 1 unspecified atom stereocenters. The Morgan fingerprint density at radius 1 is 1.08 bits per heavy atom. The van der Waals surface area contributed by atoms with Gasteiger partial charge in [0, 0.05) is 36.2 Å². The van der Waals surface area contributed by atoms with Crippen molar-refractivity contribution in [3.8, 4) is 0 Å². The molecule has 0 aromatic heterocycles. The predicted octanol–water partition coefficient (Wildman–Crippen LogP) is 3.24. The highest BCUT2D eigenvalue weighted by molar-refractivity contribution is 5.96. The van der Waals surface area contributed by atoms with Crippen molar-refractivity contribution < 1.29 is 18.3 Å². The number of carbonyl (C=O) groups is 1. The first-order valence-corrected chi connectivity index (χ1v) is 8.48. The quantitative estimate of drug-likeness (QED) is 0.859. The first kappa shape index (κ1) is 18.1. The molecular formula is C19H21F2N3O2. The number of carbonyl (C=O) groups excluding carboxylic acids is 1. The fourth-order valence-electron chi connectivity index (χ4n) is 2.75. The Morgan fingerprint density at radius 3 is 2.58 bits per heavy atom. The van der Waals surface area contributed by atoms with Crippen LogP contribution in [-0.2, 0) is 9.53 Å². The lowest BCUT2D eigenvalue weighted by atomic mass is 10.2. The van der Waals surface area contributed by atoms with E-state index in [2.05, 4.69) is 15.5 Å². The molecule has 2 aromatic carbocycles. The van der Waals surface area contributed by atoms with Crippen LogP contribution in [0.1, 0.15) is 6.92 Å². The van der Waals surface area contributed by atoms with Crippen LogP contribution in [0.3, 0.4) is 0 Å². The lowest BCUT2D eigenvalue weighted by Gasteiger charge is -2.29. The summed E-state index contributed by atoms with van der Waals surface area (Å²) in [7, 11) is 0. The number of ether oxygens (including phenoxy) is 1. The number of nitrogens with one attached hydrogen (secondary N) is 2. The number of benzene rings is 2. The van der Waals surface area contributed by atoms with E-state index in [0.717, 1.165) is 36.6 Å². The van der Waals surface area contributed by atoms with E-state index in [0.29, 0.717) is 13.2 Å². The fourth-order valence-corrected chi connectivity index (χ4v) is 2.75. The van der Waals surface area contributed by atoms with Gasteiger partial charge in [-0.3, -0.25) is 4.79 Å². The third kappa shape index (κ3) is 4.49. The third-order valence-electron chi connectivity index (χ3n) is 4.19. The van der Waals surface area contributed by atoms with E-state index in [4.69, 9.17) is 4.74 Å². The van der Waals surface area contributed by atoms with E-state index >= 15 is 0 Å². The minimum atomic E-state index is -0.998. The summed E-state index contributed by atoms with van der Waals surface area (Å²) >= 11 is 0. The molecule has 2 aromatic rings. The molecule has 2 N–H and O–H groups in total. The highest BCUT2D eigenvalue weighted by Gasteiger charge is 2.15. The van der Waals surface area contributed by atoms with Gasteiger partial charge in [-0.15, -0.1) is 0 Å². The molecular weight excluding hydrogens is 340 g/mol. The zero-order valence-corrected chi connectivity index (χ0v) is 14.5. The molecule has 7 heteroatoms. The van der Waals surface area contributed by atoms with Crippen LogP contribution in [-0.4, -0.2) is 38.3 Å². The normalized spacial score (nSPS) is 15.4. The Kier molecular flexibility index (Phi) is 5.68. The van der Waals surface area contributed by atoms with Crippen LogP contribution in [0.25, 0.3) is 0 Å². The van der Waals surface area contributed by atoms with Gasteiger partial charge in [-0.05, 0) is 37.3 Å². The van der Waals surface area contributed by atoms with Crippen LogP contribution in [0.2, 0.25) is 0 Å². The smallest absolute Gasteiger partial charge is 0.246 e. The monoisotopic (exact) mass is 361 g/mol. The SMILES string of the molecule is CC(Nc1cccc(N2CCOCC2)c1)C(=O)Nc1ccc(F)c(F)c1. The molecule has 26 heavy (non-hydrogen) atoms. The zero-order chi connectivity index (χ0) is 18.5. The summed E-state index contributed by atoms with van der Waals surface area (Å²) in [5.41, 5.74) is 2.08. The number of hydrogen-bond acceptors (Lipinski definition) is 4. The molecule has 1 aliphatic heterocycles. The Morgan fingerprint density at radius 2 is 1.85 bits per heavy atom. The number of amides is 1. The Labute approximate surface area is 151 Å². The van der Waals surface area contributed by atoms with Crippen LogP contribution in [0.15, 0.2) is 42.5 Å². The van der Waals surface area contributed by atoms with E-state index in [9.17, 15) is 13.6 Å². The lowest BCUT2D eigenvalue weighted by molar-refractivity contribution is -0.116. The van der Waals surface area contributed by atoms with Crippen LogP contribution in [0.5, 0.6) is 0 Å². The molecule has 1 atom stereocenters. The summed E-state index contributed by atoms with van der Waals surface area (Å²) in [5.74, 6) is -2.29. The van der Waals surface area contributed by atoms with E-state index in [-0.39, 0.29) is 11.6 Å². The molecule has 3 rings (SSSR count). The van der Waals surface area contributed by atoms with Crippen molar-refractivity contribution >= 4 is 23.0 Å². The van der Waals surface area contributed by atoms with Crippen molar-refractivity contribution in [2.75, 3.05) is 41.8 Å². The van der Waals surface area contributed by atoms with Gasteiger partial charge in [0.1, 0.15) is 6.04 Å². The molecule has 138 valence electrons. The largest absolute Gasteiger partial charge is 0.378 e. The van der Waals surface area contributed by atoms with Crippen LogP contribution < -0.4 is 15.5 Å². The Balaban J connectivity index is 1.62. The average Bonchev–Trinajstić information content (AvgIpc) is 2.65. The molecule has 0 spiro atoms. The maximum Gasteiger partial charge on any atom is 0.246 e. The van der Waals surface area contributed by atoms with Crippen molar-refractivity contribution in [3.63, 3.8) is 0 Å². The van der Waals surface area contributed by atoms with Gasteiger partial charge in [0.05, 0.1) is 13.2 Å². The van der Waals surface area contributed by atoms with Gasteiger partial charge >= 0.3 is 0 Å². The minimum absolute atomic E-state index is 0.213. The number of anilines is 3. The summed E-state index contributed by atoms with van der Waals surface area (Å²) in [4.78, 5) is 14.5. The van der Waals surface area contributed by atoms with Gasteiger partial charge in [0.15, 0.2) is 11.6 Å². The van der Waals surface area contributed by atoms with Gasteiger partial charge in [-0.2, -0.15) is 0 Å². The molecule has 1 heterocycles. The van der Waals surface area contributed by atoms with Gasteiger partial charge in [-0.25, -0.2) is 8.78 Å². The summed E-state index contributed by atoms with van der Waals surface area (Å²) < 4.78 is 31.6. The highest BCUT2D eigenvalue weighted by Crippen LogP contribution is 2.21. The second-order valence-corrected chi connectivity index (χ2v) is 6.13. The molecule has 1 saturated heterocycles. The maximum atomic E-state index is 13.2. The second kappa shape index (κ2) is 8.14. The van der Waals surface area contributed by atoms with Crippen molar-refractivity contribution in [1.29, 1.82) is 0 Å². The molecule has 1 fully saturated rings. The van der Waals surface area contributed by atoms with E-state index in [1.807, 2.05) is 24.3 Å². The number of morpholine rings is 1. The molecule has 0 aliphatic carbocycles. The summed E-state index contributed by atoms with van der Waals surface area (Å²) in [5, 5.41) is 5.70. The van der Waals surface area contributed by atoms with Crippen molar-refractivity contribution in [2.45, 2.75) is 13.0 Å². The number of nitrogens with zero attached hydrogens (tertiary/aromatic N) is 1. The number of rotatable bonds is 5. The average molecular weight is 361 g/mol. The molecule has 0 radical (unpaired) electrons. The first-order chi connectivity index (χ1) is 12.5. The van der Waals surface area contributed by atoms with Crippen LogP contribution in [0.4, 0.5) is 25.8 Å². The predicted molar refractivity (Wildman–Crippen MR) is 97.5 cm³/mol. The minimum Gasteiger partial charge on any atom is -0.378 e. The van der Waals surface area contributed by atoms with Gasteiger partial charge < -0.3 is 20.3 Å². The van der Waals surface area contributed by atoms with Crippen LogP contribution >= 0.6 is 0 Å². The van der Waals surface area contributed by atoms with Gasteiger partial charge in [0.25, 0.3) is 0 Å². The zero-order valence-electron chi connectivity index (χ0n) is 14.5. The second-order valence-electron chi connectivity index (χ2n) is 6.13. The lowest BCUT2D eigenvalue weighted by Crippen LogP contribution is -2.36. The van der Waals surface area contributed by atoms with Gasteiger partial charge in [-0.1, -0.05) is 6.07 Å². The standard InChI is InChI=1S/C19H21F2N3O2/c1-13(19(25)23-15-5-6-17(20)18(21)12-15)22-14-3-2-4-16(11-14)24-7-9-26-10-8-24/h2-6,11-13,22H,7-10H2,1H3,(H,23,25). The van der Waals surface area contributed by atoms with E-state index < -0.39 is 17.7 Å². The number of hydrogen-bond donors (Lipinski definition) is 2. The summed E-state index contributed by atoms with van der Waals surface area (Å²) in [6, 6.07) is 10.5. The summed E-state index contributed by atoms with van der Waals surface area (Å²) in [6.07, 6.45) is 0. The molecule has 0 saturated carbocycles. The van der Waals surface area contributed by atoms with Crippen LogP contribution in [0, 0.1) is 11.6 Å². The highest BCUT2D eigenvalue weighted by atomic mass is 19.2. The van der Waals surface area contributed by atoms with Crippen molar-refractivity contribution in [1.82, 2.24) is 0 Å². The molecule has 0 bridgehead atoms.